The van der Waals surface area contributed by atoms with Crippen molar-refractivity contribution in [3.05, 3.63) is 34.9 Å². The number of methoxy groups -OCH3 is 1. The fourth-order valence-corrected chi connectivity index (χ4v) is 4.75. The first-order chi connectivity index (χ1) is 12.4. The van der Waals surface area contributed by atoms with Gasteiger partial charge in [-0.1, -0.05) is 23.7 Å². The first kappa shape index (κ1) is 19.6. The van der Waals surface area contributed by atoms with Crippen molar-refractivity contribution < 1.29 is 9.53 Å². The number of fused-ring (bicyclic) bond motifs is 1. The molecule has 2 fully saturated rings. The Labute approximate surface area is 161 Å². The second-order valence-corrected chi connectivity index (χ2v) is 8.35. The molecule has 1 N–H and O–H groups in total. The van der Waals surface area contributed by atoms with Crippen LogP contribution in [-0.2, 0) is 16.1 Å². The molecule has 144 valence electrons. The Balaban J connectivity index is 1.68. The van der Waals surface area contributed by atoms with Crippen molar-refractivity contribution in [3.63, 3.8) is 0 Å². The first-order valence-electron chi connectivity index (χ1n) is 9.39. The van der Waals surface area contributed by atoms with E-state index in [2.05, 4.69) is 16.3 Å². The minimum atomic E-state index is -0.0820. The monoisotopic (exact) mass is 379 g/mol. The molecule has 6 heteroatoms. The fraction of sp³-hybridized carbons (Fsp3) is 0.650. The molecule has 1 saturated carbocycles. The summed E-state index contributed by atoms with van der Waals surface area (Å²) in [6.07, 6.45) is 3.96. The third-order valence-electron chi connectivity index (χ3n) is 5.80. The molecule has 1 aromatic rings. The van der Waals surface area contributed by atoms with Crippen molar-refractivity contribution in [3.8, 4) is 0 Å². The molecule has 1 aromatic carbocycles. The summed E-state index contributed by atoms with van der Waals surface area (Å²) in [6, 6.07) is 8.61. The zero-order chi connectivity index (χ0) is 18.7. The zero-order valence-electron chi connectivity index (χ0n) is 16.0. The number of nitrogens with one attached hydrogen (secondary N) is 1. The number of carbonyl (C=O) groups excluding carboxylic acids is 1. The summed E-state index contributed by atoms with van der Waals surface area (Å²) in [5.74, 6) is 0.101. The Morgan fingerprint density at radius 3 is 2.92 bits per heavy atom. The Hall–Kier alpha value is -1.14. The summed E-state index contributed by atoms with van der Waals surface area (Å²) in [5.41, 5.74) is 1.14. The summed E-state index contributed by atoms with van der Waals surface area (Å²) < 4.78 is 6.02. The van der Waals surface area contributed by atoms with Gasteiger partial charge < -0.3 is 15.0 Å². The van der Waals surface area contributed by atoms with Crippen LogP contribution in [0.1, 0.15) is 31.2 Å². The van der Waals surface area contributed by atoms with E-state index in [1.807, 2.05) is 44.3 Å². The van der Waals surface area contributed by atoms with Crippen LogP contribution >= 0.6 is 11.6 Å². The average molecular weight is 380 g/mol. The lowest BCUT2D eigenvalue weighted by molar-refractivity contribution is -0.124. The molecule has 0 radical (unpaired) electrons. The normalized spacial score (nSPS) is 29.0. The Morgan fingerprint density at radius 1 is 1.42 bits per heavy atom. The van der Waals surface area contributed by atoms with Crippen LogP contribution in [0.3, 0.4) is 0 Å². The topological polar surface area (TPSA) is 44.8 Å². The molecular formula is C20H30ClN3O2. The quantitative estimate of drug-likeness (QED) is 0.825. The molecular weight excluding hydrogens is 350 g/mol. The van der Waals surface area contributed by atoms with Crippen molar-refractivity contribution >= 4 is 17.5 Å². The number of likely N-dealkylation sites (N-methyl/N-ethyl adjacent to an activating group) is 1. The van der Waals surface area contributed by atoms with Crippen molar-refractivity contribution in [2.24, 2.45) is 0 Å². The molecule has 3 rings (SSSR count). The second-order valence-electron chi connectivity index (χ2n) is 7.91. The molecule has 2 aliphatic rings. The summed E-state index contributed by atoms with van der Waals surface area (Å²) in [7, 11) is 5.67. The number of carbonyl (C=O) groups is 1. The van der Waals surface area contributed by atoms with Crippen LogP contribution in [-0.4, -0.2) is 67.7 Å². The number of nitrogens with zero attached hydrogens (tertiary/aromatic N) is 2. The fourth-order valence-electron chi connectivity index (χ4n) is 4.54. The third kappa shape index (κ3) is 4.39. The van der Waals surface area contributed by atoms with Crippen LogP contribution < -0.4 is 5.32 Å². The number of hydrogen-bond donors (Lipinski definition) is 1. The summed E-state index contributed by atoms with van der Waals surface area (Å²) in [4.78, 5) is 16.6. The predicted octanol–water partition coefficient (Wildman–Crippen LogP) is 2.53. The van der Waals surface area contributed by atoms with Crippen molar-refractivity contribution in [1.82, 2.24) is 15.1 Å². The molecule has 1 saturated heterocycles. The Bertz CT molecular complexity index is 639. The van der Waals surface area contributed by atoms with Crippen molar-refractivity contribution in [1.29, 1.82) is 0 Å². The predicted molar refractivity (Wildman–Crippen MR) is 104 cm³/mol. The minimum absolute atomic E-state index is 0.0820. The number of benzene rings is 1. The van der Waals surface area contributed by atoms with E-state index in [-0.39, 0.29) is 17.6 Å². The van der Waals surface area contributed by atoms with E-state index in [9.17, 15) is 4.79 Å². The lowest BCUT2D eigenvalue weighted by Gasteiger charge is -2.44. The number of halogens is 1. The van der Waals surface area contributed by atoms with E-state index < -0.39 is 0 Å². The molecule has 0 spiro atoms. The maximum Gasteiger partial charge on any atom is 0.234 e. The first-order valence-corrected chi connectivity index (χ1v) is 9.77. The van der Waals surface area contributed by atoms with E-state index in [0.29, 0.717) is 12.6 Å². The van der Waals surface area contributed by atoms with Gasteiger partial charge in [0.15, 0.2) is 0 Å². The van der Waals surface area contributed by atoms with Gasteiger partial charge in [-0.25, -0.2) is 0 Å². The van der Waals surface area contributed by atoms with Gasteiger partial charge in [0.2, 0.25) is 5.91 Å². The molecule has 1 heterocycles. The number of likely N-dealkylation sites (tertiary alicyclic amines) is 1. The largest absolute Gasteiger partial charge is 0.377 e. The molecule has 3 atom stereocenters. The number of hydrogen-bond acceptors (Lipinski definition) is 4. The minimum Gasteiger partial charge on any atom is -0.377 e. The summed E-state index contributed by atoms with van der Waals surface area (Å²) in [6.45, 7) is 2.32. The molecule has 0 bridgehead atoms. The van der Waals surface area contributed by atoms with Gasteiger partial charge in [0, 0.05) is 37.3 Å². The maximum atomic E-state index is 12.2. The van der Waals surface area contributed by atoms with E-state index in [0.717, 1.165) is 43.8 Å². The molecule has 0 unspecified atom stereocenters. The van der Waals surface area contributed by atoms with Gasteiger partial charge in [-0.2, -0.15) is 0 Å². The second kappa shape index (κ2) is 8.26. The van der Waals surface area contributed by atoms with Gasteiger partial charge in [0.05, 0.1) is 12.1 Å². The van der Waals surface area contributed by atoms with Crippen LogP contribution in [0.25, 0.3) is 0 Å². The average Bonchev–Trinajstić information content (AvgIpc) is 2.93. The van der Waals surface area contributed by atoms with Crippen LogP contribution in [0.15, 0.2) is 24.3 Å². The van der Waals surface area contributed by atoms with E-state index in [4.69, 9.17) is 16.3 Å². The highest BCUT2D eigenvalue weighted by Crippen LogP contribution is 2.43. The molecule has 0 aromatic heterocycles. The van der Waals surface area contributed by atoms with Gasteiger partial charge in [-0.15, -0.1) is 0 Å². The Kier molecular flexibility index (Phi) is 6.23. The van der Waals surface area contributed by atoms with Gasteiger partial charge in [0.25, 0.3) is 0 Å². The number of amides is 1. The molecule has 1 amide bonds. The van der Waals surface area contributed by atoms with E-state index in [1.54, 1.807) is 0 Å². The van der Waals surface area contributed by atoms with Gasteiger partial charge in [-0.3, -0.25) is 9.69 Å². The SMILES string of the molecule is CO[C@@]12CC[C@@H](NC(=O)CN(C)C)C[C@@H]1N(Cc1cccc(Cl)c1)CC2. The highest BCUT2D eigenvalue weighted by molar-refractivity contribution is 6.30. The molecule has 26 heavy (non-hydrogen) atoms. The highest BCUT2D eigenvalue weighted by Gasteiger charge is 2.51. The van der Waals surface area contributed by atoms with Gasteiger partial charge in [-0.05, 0) is 57.5 Å². The van der Waals surface area contributed by atoms with E-state index >= 15 is 0 Å². The van der Waals surface area contributed by atoms with Crippen molar-refractivity contribution in [2.75, 3.05) is 34.3 Å². The lowest BCUT2D eigenvalue weighted by atomic mass is 9.78. The van der Waals surface area contributed by atoms with Crippen LogP contribution in [0.2, 0.25) is 5.02 Å². The molecule has 1 aliphatic carbocycles. The van der Waals surface area contributed by atoms with Crippen LogP contribution in [0, 0.1) is 0 Å². The lowest BCUT2D eigenvalue weighted by Crippen LogP contribution is -2.55. The van der Waals surface area contributed by atoms with Gasteiger partial charge >= 0.3 is 0 Å². The van der Waals surface area contributed by atoms with Crippen LogP contribution in [0.5, 0.6) is 0 Å². The van der Waals surface area contributed by atoms with E-state index in [1.165, 1.54) is 5.56 Å². The van der Waals surface area contributed by atoms with Crippen LogP contribution in [0.4, 0.5) is 0 Å². The zero-order valence-corrected chi connectivity index (χ0v) is 16.8. The third-order valence-corrected chi connectivity index (χ3v) is 6.04. The molecule has 5 nitrogen and oxygen atoms in total. The van der Waals surface area contributed by atoms with Crippen molar-refractivity contribution in [2.45, 2.75) is 49.9 Å². The number of rotatable bonds is 6. The number of ether oxygens (including phenoxy) is 1. The standard InChI is InChI=1S/C20H30ClN3O2/c1-23(2)14-19(25)22-17-7-8-20(26-3)9-10-24(18(20)12-17)13-15-5-4-6-16(21)11-15/h4-6,11,17-18H,7-10,12-14H2,1-3H3,(H,22,25)/t17-,18+,20-/m1/s1. The highest BCUT2D eigenvalue weighted by atomic mass is 35.5. The maximum absolute atomic E-state index is 12.2. The summed E-state index contributed by atoms with van der Waals surface area (Å²) in [5, 5.41) is 3.99. The summed E-state index contributed by atoms with van der Waals surface area (Å²) >= 11 is 6.15. The van der Waals surface area contributed by atoms with Gasteiger partial charge in [0.1, 0.15) is 0 Å². The molecule has 1 aliphatic heterocycles. The Morgan fingerprint density at radius 2 is 2.23 bits per heavy atom. The smallest absolute Gasteiger partial charge is 0.234 e.